The lowest BCUT2D eigenvalue weighted by atomic mass is 9.83. The van der Waals surface area contributed by atoms with Crippen molar-refractivity contribution in [2.24, 2.45) is 5.92 Å². The summed E-state index contributed by atoms with van der Waals surface area (Å²) >= 11 is 12.1. The molecule has 23 heavy (non-hydrogen) atoms. The van der Waals surface area contributed by atoms with E-state index < -0.39 is 9.76 Å². The van der Waals surface area contributed by atoms with Crippen LogP contribution in [0.2, 0.25) is 15.3 Å². The summed E-state index contributed by atoms with van der Waals surface area (Å²) in [5.41, 5.74) is 0.830. The summed E-state index contributed by atoms with van der Waals surface area (Å²) in [4.78, 5) is 2.25. The number of hydrogen-bond donors (Lipinski definition) is 0. The summed E-state index contributed by atoms with van der Waals surface area (Å²) in [5, 5.41) is 8.80. The molecule has 0 spiro atoms. The van der Waals surface area contributed by atoms with Crippen molar-refractivity contribution in [2.45, 2.75) is 58.1 Å². The van der Waals surface area contributed by atoms with Gasteiger partial charge in [0, 0.05) is 19.2 Å². The molecule has 0 atom stereocenters. The number of hydrogen-bond acceptors (Lipinski definition) is 4. The highest BCUT2D eigenvalue weighted by Crippen LogP contribution is 2.36. The van der Waals surface area contributed by atoms with Crippen molar-refractivity contribution in [2.75, 3.05) is 18.0 Å². The van der Waals surface area contributed by atoms with Crippen LogP contribution in [0.3, 0.4) is 0 Å². The van der Waals surface area contributed by atoms with Gasteiger partial charge in [-0.1, -0.05) is 44.0 Å². The average molecular weight is 376 g/mol. The second-order valence-corrected chi connectivity index (χ2v) is 11.5. The number of nitrogens with zero attached hydrogens (tertiary/aromatic N) is 3. The van der Waals surface area contributed by atoms with Crippen LogP contribution in [0.25, 0.3) is 0 Å². The normalized spacial score (nSPS) is 18.1. The van der Waals surface area contributed by atoms with E-state index in [0.29, 0.717) is 21.3 Å². The standard InChI is InChI=1S/C16H27Cl2N3OSi/c1-15(2,3)23-22-16(4,5)11-6-8-21(9-7-11)12-10-13(17)19-20-14(12)18/h10-11H,6-9,23H2,1-5H3. The van der Waals surface area contributed by atoms with E-state index in [0.717, 1.165) is 31.6 Å². The molecule has 0 amide bonds. The SMILES string of the molecule is CC(C)(C)[SiH2]OC(C)(C)C1CCN(c2cc(Cl)nnc2Cl)CC1. The number of piperidine rings is 1. The third-order valence-electron chi connectivity index (χ3n) is 4.40. The monoisotopic (exact) mass is 375 g/mol. The summed E-state index contributed by atoms with van der Waals surface area (Å²) in [6.07, 6.45) is 2.17. The summed E-state index contributed by atoms with van der Waals surface area (Å²) in [5.74, 6) is 0.567. The predicted octanol–water partition coefficient (Wildman–Crippen LogP) is 4.10. The maximum atomic E-state index is 6.37. The molecular weight excluding hydrogens is 349 g/mol. The van der Waals surface area contributed by atoms with Crippen LogP contribution in [0.15, 0.2) is 6.07 Å². The quantitative estimate of drug-likeness (QED) is 0.742. The van der Waals surface area contributed by atoms with Crippen LogP contribution in [0.4, 0.5) is 5.69 Å². The lowest BCUT2D eigenvalue weighted by Gasteiger charge is -2.42. The Bertz CT molecular complexity index is 541. The second-order valence-electron chi connectivity index (χ2n) is 8.06. The van der Waals surface area contributed by atoms with Gasteiger partial charge >= 0.3 is 0 Å². The molecule has 1 saturated heterocycles. The lowest BCUT2D eigenvalue weighted by molar-refractivity contribution is 0.0312. The van der Waals surface area contributed by atoms with Crippen LogP contribution in [0.5, 0.6) is 0 Å². The fourth-order valence-corrected chi connectivity index (χ4v) is 4.30. The van der Waals surface area contributed by atoms with E-state index in [1.165, 1.54) is 0 Å². The molecule has 0 N–H and O–H groups in total. The zero-order chi connectivity index (χ0) is 17.3. The fourth-order valence-electron chi connectivity index (χ4n) is 2.90. The first-order valence-corrected chi connectivity index (χ1v) is 10.2. The van der Waals surface area contributed by atoms with Gasteiger partial charge in [-0.25, -0.2) is 0 Å². The Balaban J connectivity index is 1.96. The first-order valence-electron chi connectivity index (χ1n) is 8.16. The van der Waals surface area contributed by atoms with Crippen molar-refractivity contribution in [3.8, 4) is 0 Å². The van der Waals surface area contributed by atoms with E-state index in [1.807, 2.05) is 0 Å². The Morgan fingerprint density at radius 1 is 1.13 bits per heavy atom. The molecular formula is C16H27Cl2N3OSi. The summed E-state index contributed by atoms with van der Waals surface area (Å²) in [6, 6.07) is 1.80. The molecule has 0 aromatic carbocycles. The zero-order valence-electron chi connectivity index (χ0n) is 14.7. The fraction of sp³-hybridized carbons (Fsp3) is 0.750. The van der Waals surface area contributed by atoms with Crippen molar-refractivity contribution in [3.63, 3.8) is 0 Å². The molecule has 2 heterocycles. The first-order chi connectivity index (χ1) is 10.6. The van der Waals surface area contributed by atoms with Gasteiger partial charge in [0.25, 0.3) is 0 Å². The van der Waals surface area contributed by atoms with Gasteiger partial charge in [0.05, 0.1) is 11.3 Å². The minimum atomic E-state index is -0.546. The third-order valence-corrected chi connectivity index (χ3v) is 6.60. The summed E-state index contributed by atoms with van der Waals surface area (Å²) in [7, 11) is -0.546. The molecule has 130 valence electrons. The maximum absolute atomic E-state index is 6.37. The topological polar surface area (TPSA) is 38.2 Å². The smallest absolute Gasteiger partial charge is 0.175 e. The minimum Gasteiger partial charge on any atom is -0.418 e. The molecule has 2 rings (SSSR count). The van der Waals surface area contributed by atoms with Gasteiger partial charge in [0.1, 0.15) is 0 Å². The predicted molar refractivity (Wildman–Crippen MR) is 100 cm³/mol. The van der Waals surface area contributed by atoms with Crippen LogP contribution in [-0.4, -0.2) is 38.7 Å². The number of aromatic nitrogens is 2. The molecule has 0 radical (unpaired) electrons. The molecule has 7 heteroatoms. The van der Waals surface area contributed by atoms with Gasteiger partial charge in [0.15, 0.2) is 20.1 Å². The van der Waals surface area contributed by atoms with Gasteiger partial charge in [-0.3, -0.25) is 0 Å². The third kappa shape index (κ3) is 5.31. The van der Waals surface area contributed by atoms with Gasteiger partial charge in [0.2, 0.25) is 0 Å². The molecule has 1 aromatic rings. The molecule has 0 aliphatic carbocycles. The largest absolute Gasteiger partial charge is 0.418 e. The lowest BCUT2D eigenvalue weighted by Crippen LogP contribution is -2.44. The molecule has 1 aliphatic heterocycles. The molecule has 1 fully saturated rings. The maximum Gasteiger partial charge on any atom is 0.175 e. The van der Waals surface area contributed by atoms with Crippen LogP contribution < -0.4 is 4.90 Å². The summed E-state index contributed by atoms with van der Waals surface area (Å²) < 4.78 is 6.37. The van der Waals surface area contributed by atoms with E-state index in [2.05, 4.69) is 49.7 Å². The van der Waals surface area contributed by atoms with E-state index in [4.69, 9.17) is 27.6 Å². The number of halogens is 2. The Kier molecular flexibility index (Phi) is 5.98. The molecule has 1 aliphatic rings. The van der Waals surface area contributed by atoms with Crippen molar-refractivity contribution in [1.29, 1.82) is 0 Å². The van der Waals surface area contributed by atoms with Gasteiger partial charge in [-0.2, -0.15) is 0 Å². The van der Waals surface area contributed by atoms with Gasteiger partial charge in [-0.15, -0.1) is 10.2 Å². The van der Waals surface area contributed by atoms with E-state index in [-0.39, 0.29) is 5.60 Å². The first kappa shape index (κ1) is 19.0. The van der Waals surface area contributed by atoms with E-state index in [9.17, 15) is 0 Å². The van der Waals surface area contributed by atoms with Crippen LogP contribution in [0.1, 0.15) is 47.5 Å². The second kappa shape index (κ2) is 7.26. The Hall–Kier alpha value is -0.363. The highest BCUT2D eigenvalue weighted by Gasteiger charge is 2.34. The van der Waals surface area contributed by atoms with Crippen molar-refractivity contribution in [3.05, 3.63) is 16.4 Å². The van der Waals surface area contributed by atoms with Gasteiger partial charge in [-0.05, 0) is 37.6 Å². The van der Waals surface area contributed by atoms with E-state index in [1.54, 1.807) is 6.07 Å². The van der Waals surface area contributed by atoms with Crippen LogP contribution in [-0.2, 0) is 4.43 Å². The van der Waals surface area contributed by atoms with Crippen LogP contribution in [0, 0.1) is 5.92 Å². The molecule has 0 saturated carbocycles. The van der Waals surface area contributed by atoms with Crippen molar-refractivity contribution < 1.29 is 4.43 Å². The number of anilines is 1. The molecule has 0 bridgehead atoms. The Morgan fingerprint density at radius 2 is 1.74 bits per heavy atom. The van der Waals surface area contributed by atoms with Crippen molar-refractivity contribution >= 4 is 38.7 Å². The Labute approximate surface area is 151 Å². The van der Waals surface area contributed by atoms with Crippen LogP contribution >= 0.6 is 23.2 Å². The zero-order valence-corrected chi connectivity index (χ0v) is 17.6. The average Bonchev–Trinajstić information content (AvgIpc) is 2.47. The minimum absolute atomic E-state index is 0.0521. The summed E-state index contributed by atoms with van der Waals surface area (Å²) in [6.45, 7) is 13.2. The number of rotatable bonds is 4. The van der Waals surface area contributed by atoms with Gasteiger partial charge < -0.3 is 9.33 Å². The Morgan fingerprint density at radius 3 is 2.30 bits per heavy atom. The highest BCUT2D eigenvalue weighted by atomic mass is 35.5. The van der Waals surface area contributed by atoms with E-state index >= 15 is 0 Å². The molecule has 0 unspecified atom stereocenters. The molecule has 1 aromatic heterocycles. The van der Waals surface area contributed by atoms with Crippen molar-refractivity contribution in [1.82, 2.24) is 10.2 Å². The highest BCUT2D eigenvalue weighted by molar-refractivity contribution is 6.33. The molecule has 4 nitrogen and oxygen atoms in total.